The van der Waals surface area contributed by atoms with Gasteiger partial charge in [-0.05, 0) is 19.9 Å². The maximum absolute atomic E-state index is 11.6. The van der Waals surface area contributed by atoms with Crippen molar-refractivity contribution in [2.45, 2.75) is 25.8 Å². The lowest BCUT2D eigenvalue weighted by molar-refractivity contribution is -0.117. The third-order valence-corrected chi connectivity index (χ3v) is 2.96. The highest BCUT2D eigenvalue weighted by atomic mass is 16.5. The van der Waals surface area contributed by atoms with Crippen LogP contribution in [0.1, 0.15) is 25.8 Å². The molecule has 1 aromatic heterocycles. The molecule has 0 spiro atoms. The van der Waals surface area contributed by atoms with E-state index in [2.05, 4.69) is 15.7 Å². The van der Waals surface area contributed by atoms with Gasteiger partial charge in [0.2, 0.25) is 5.91 Å². The third kappa shape index (κ3) is 3.54. The monoisotopic (exact) mass is 252 g/mol. The Bertz CT molecular complexity index is 385. The Morgan fingerprint density at radius 1 is 1.72 bits per heavy atom. The molecule has 2 N–H and O–H groups in total. The van der Waals surface area contributed by atoms with Gasteiger partial charge >= 0.3 is 0 Å². The number of carbonyl (C=O) groups excluding carboxylic acids is 1. The van der Waals surface area contributed by atoms with Crippen molar-refractivity contribution in [3.63, 3.8) is 0 Å². The average molecular weight is 252 g/mol. The summed E-state index contributed by atoms with van der Waals surface area (Å²) in [5, 5.41) is 10.4. The minimum atomic E-state index is -0.0572. The summed E-state index contributed by atoms with van der Waals surface area (Å²) in [5.41, 5.74) is 0. The first-order valence-corrected chi connectivity index (χ1v) is 6.43. The van der Waals surface area contributed by atoms with Crippen LogP contribution in [0.4, 0.5) is 5.82 Å². The standard InChI is InChI=1S/C12H20N4O2/c1-2-18-8-5-12(17)14-11-4-7-16(15-11)10-3-6-13-9-10/h4,7,10,13H,2-3,5-6,8-9H2,1H3,(H,14,15,17)/t10-/m0/s1. The van der Waals surface area contributed by atoms with E-state index in [0.29, 0.717) is 31.5 Å². The van der Waals surface area contributed by atoms with Crippen molar-refractivity contribution in [2.75, 3.05) is 31.6 Å². The number of rotatable bonds is 6. The Morgan fingerprint density at radius 2 is 2.61 bits per heavy atom. The van der Waals surface area contributed by atoms with Crippen molar-refractivity contribution < 1.29 is 9.53 Å². The number of aromatic nitrogens is 2. The van der Waals surface area contributed by atoms with Gasteiger partial charge < -0.3 is 15.4 Å². The molecule has 1 aliphatic heterocycles. The first-order valence-electron chi connectivity index (χ1n) is 6.43. The molecule has 1 amide bonds. The highest BCUT2D eigenvalue weighted by molar-refractivity contribution is 5.89. The molecule has 0 aromatic carbocycles. The van der Waals surface area contributed by atoms with Gasteiger partial charge in [-0.2, -0.15) is 5.10 Å². The molecule has 1 saturated heterocycles. The topological polar surface area (TPSA) is 68.2 Å². The minimum absolute atomic E-state index is 0.0572. The van der Waals surface area contributed by atoms with E-state index in [-0.39, 0.29) is 5.91 Å². The molecule has 6 heteroatoms. The van der Waals surface area contributed by atoms with Gasteiger partial charge in [0.05, 0.1) is 19.1 Å². The Hall–Kier alpha value is -1.40. The normalized spacial score (nSPS) is 19.1. The summed E-state index contributed by atoms with van der Waals surface area (Å²) in [5.74, 6) is 0.557. The summed E-state index contributed by atoms with van der Waals surface area (Å²) in [6, 6.07) is 2.23. The lowest BCUT2D eigenvalue weighted by atomic mass is 10.3. The predicted molar refractivity (Wildman–Crippen MR) is 68.5 cm³/mol. The van der Waals surface area contributed by atoms with E-state index in [4.69, 9.17) is 4.74 Å². The molecule has 0 radical (unpaired) electrons. The van der Waals surface area contributed by atoms with Gasteiger partial charge in [0.15, 0.2) is 5.82 Å². The van der Waals surface area contributed by atoms with E-state index in [1.54, 1.807) is 0 Å². The van der Waals surface area contributed by atoms with Crippen LogP contribution < -0.4 is 10.6 Å². The number of carbonyl (C=O) groups is 1. The number of nitrogens with one attached hydrogen (secondary N) is 2. The number of amides is 1. The Labute approximate surface area is 107 Å². The van der Waals surface area contributed by atoms with Crippen LogP contribution in [0.15, 0.2) is 12.3 Å². The first-order chi connectivity index (χ1) is 8.79. The molecule has 6 nitrogen and oxygen atoms in total. The lowest BCUT2D eigenvalue weighted by Crippen LogP contribution is -2.16. The molecule has 0 bridgehead atoms. The Morgan fingerprint density at radius 3 is 3.33 bits per heavy atom. The van der Waals surface area contributed by atoms with Gasteiger partial charge in [-0.3, -0.25) is 9.48 Å². The molecule has 1 aliphatic rings. The van der Waals surface area contributed by atoms with Crippen LogP contribution in [0.5, 0.6) is 0 Å². The van der Waals surface area contributed by atoms with Crippen LogP contribution >= 0.6 is 0 Å². The molecule has 0 saturated carbocycles. The second kappa shape index (κ2) is 6.51. The van der Waals surface area contributed by atoms with Crippen molar-refractivity contribution in [2.24, 2.45) is 0 Å². The van der Waals surface area contributed by atoms with Crippen molar-refractivity contribution in [3.8, 4) is 0 Å². The molecule has 0 aliphatic carbocycles. The van der Waals surface area contributed by atoms with Gasteiger partial charge in [-0.15, -0.1) is 0 Å². The first kappa shape index (κ1) is 13.0. The fourth-order valence-electron chi connectivity index (χ4n) is 1.99. The summed E-state index contributed by atoms with van der Waals surface area (Å²) < 4.78 is 7.05. The van der Waals surface area contributed by atoms with E-state index in [9.17, 15) is 4.79 Å². The Kier molecular flexibility index (Phi) is 4.72. The summed E-state index contributed by atoms with van der Waals surface area (Å²) in [4.78, 5) is 11.6. The molecule has 100 valence electrons. The van der Waals surface area contributed by atoms with Crippen molar-refractivity contribution in [3.05, 3.63) is 12.3 Å². The SMILES string of the molecule is CCOCCC(=O)Nc1ccn([C@H]2CCNC2)n1. The molecular weight excluding hydrogens is 232 g/mol. The van der Waals surface area contributed by atoms with Crippen LogP contribution in [0.2, 0.25) is 0 Å². The Balaban J connectivity index is 1.80. The number of hydrogen-bond acceptors (Lipinski definition) is 4. The average Bonchev–Trinajstić information content (AvgIpc) is 2.98. The second-order valence-electron chi connectivity index (χ2n) is 4.32. The number of ether oxygens (including phenoxy) is 1. The summed E-state index contributed by atoms with van der Waals surface area (Å²) in [7, 11) is 0. The summed E-state index contributed by atoms with van der Waals surface area (Å²) in [6.45, 7) is 4.97. The van der Waals surface area contributed by atoms with E-state index in [1.807, 2.05) is 23.9 Å². The lowest BCUT2D eigenvalue weighted by Gasteiger charge is -2.08. The zero-order chi connectivity index (χ0) is 12.8. The highest BCUT2D eigenvalue weighted by Gasteiger charge is 2.17. The summed E-state index contributed by atoms with van der Waals surface area (Å²) in [6.07, 6.45) is 3.36. The van der Waals surface area contributed by atoms with Crippen molar-refractivity contribution in [1.82, 2.24) is 15.1 Å². The number of hydrogen-bond donors (Lipinski definition) is 2. The number of anilines is 1. The van der Waals surface area contributed by atoms with Crippen LogP contribution in [0.3, 0.4) is 0 Å². The van der Waals surface area contributed by atoms with E-state index in [0.717, 1.165) is 19.5 Å². The van der Waals surface area contributed by atoms with Crippen LogP contribution in [0, 0.1) is 0 Å². The largest absolute Gasteiger partial charge is 0.381 e. The van der Waals surface area contributed by atoms with E-state index >= 15 is 0 Å². The molecule has 1 fully saturated rings. The zero-order valence-electron chi connectivity index (χ0n) is 10.7. The van der Waals surface area contributed by atoms with E-state index < -0.39 is 0 Å². The summed E-state index contributed by atoms with van der Waals surface area (Å²) >= 11 is 0. The quantitative estimate of drug-likeness (QED) is 0.734. The molecule has 2 heterocycles. The van der Waals surface area contributed by atoms with Crippen molar-refractivity contribution in [1.29, 1.82) is 0 Å². The van der Waals surface area contributed by atoms with Gasteiger partial charge in [0.25, 0.3) is 0 Å². The fraction of sp³-hybridized carbons (Fsp3) is 0.667. The van der Waals surface area contributed by atoms with Crippen LogP contribution in [0.25, 0.3) is 0 Å². The molecule has 2 rings (SSSR count). The predicted octanol–water partition coefficient (Wildman–Crippen LogP) is 0.783. The molecular formula is C12H20N4O2. The number of nitrogens with zero attached hydrogens (tertiary/aromatic N) is 2. The van der Waals surface area contributed by atoms with E-state index in [1.165, 1.54) is 0 Å². The van der Waals surface area contributed by atoms with Crippen LogP contribution in [-0.2, 0) is 9.53 Å². The van der Waals surface area contributed by atoms with Gasteiger partial charge in [-0.1, -0.05) is 0 Å². The minimum Gasteiger partial charge on any atom is -0.381 e. The van der Waals surface area contributed by atoms with Gasteiger partial charge in [0, 0.05) is 25.4 Å². The van der Waals surface area contributed by atoms with Crippen molar-refractivity contribution >= 4 is 11.7 Å². The molecule has 1 atom stereocenters. The van der Waals surface area contributed by atoms with Gasteiger partial charge in [0.1, 0.15) is 0 Å². The second-order valence-corrected chi connectivity index (χ2v) is 4.32. The maximum atomic E-state index is 11.6. The third-order valence-electron chi connectivity index (χ3n) is 2.96. The van der Waals surface area contributed by atoms with Gasteiger partial charge in [-0.25, -0.2) is 0 Å². The smallest absolute Gasteiger partial charge is 0.227 e. The molecule has 0 unspecified atom stereocenters. The maximum Gasteiger partial charge on any atom is 0.227 e. The highest BCUT2D eigenvalue weighted by Crippen LogP contribution is 2.15. The molecule has 1 aromatic rings. The molecule has 18 heavy (non-hydrogen) atoms. The fourth-order valence-corrected chi connectivity index (χ4v) is 1.99. The van der Waals surface area contributed by atoms with Crippen LogP contribution in [-0.4, -0.2) is 42.0 Å². The zero-order valence-corrected chi connectivity index (χ0v) is 10.7.